The Morgan fingerprint density at radius 3 is 2.36 bits per heavy atom. The molecule has 0 fully saturated rings. The molecule has 0 unspecified atom stereocenters. The number of rotatable bonds is 1. The first-order chi connectivity index (χ1) is 6.46. The van der Waals surface area contributed by atoms with E-state index in [2.05, 4.69) is 5.92 Å². The minimum absolute atomic E-state index is 0.0531. The molecule has 0 aliphatic carbocycles. The van der Waals surface area contributed by atoms with Crippen molar-refractivity contribution in [1.29, 1.82) is 0 Å². The highest BCUT2D eigenvalue weighted by molar-refractivity contribution is 5.41. The molecule has 74 valence electrons. The molecule has 0 saturated carbocycles. The van der Waals surface area contributed by atoms with Crippen molar-refractivity contribution in [2.24, 2.45) is 0 Å². The van der Waals surface area contributed by atoms with Crippen molar-refractivity contribution in [3.05, 3.63) is 35.4 Å². The summed E-state index contributed by atoms with van der Waals surface area (Å²) in [4.78, 5) is 0. The molecular formula is C10H7F3O. The van der Waals surface area contributed by atoms with E-state index in [-0.39, 0.29) is 11.1 Å². The lowest BCUT2D eigenvalue weighted by atomic mass is 10.0. The highest BCUT2D eigenvalue weighted by Crippen LogP contribution is 2.33. The number of halogens is 3. The minimum atomic E-state index is -4.69. The summed E-state index contributed by atoms with van der Waals surface area (Å²) in [6, 6.07) is 5.42. The van der Waals surface area contributed by atoms with E-state index in [0.29, 0.717) is 0 Å². The molecule has 0 aliphatic heterocycles. The molecule has 1 aromatic rings. The predicted molar refractivity (Wildman–Crippen MR) is 45.4 cm³/mol. The van der Waals surface area contributed by atoms with Gasteiger partial charge in [-0.1, -0.05) is 24.1 Å². The molecule has 1 nitrogen and oxygen atoms in total. The van der Waals surface area contributed by atoms with Crippen LogP contribution in [0, 0.1) is 12.3 Å². The second-order valence-corrected chi connectivity index (χ2v) is 2.68. The molecule has 1 N–H and O–H groups in total. The standard InChI is InChI=1S/C10H7F3O/c1-2-7-5-3-4-6-8(7)9(14)10(11,12)13/h1,3-6,9,14H/t9-/m1/s1. The molecule has 0 bridgehead atoms. The van der Waals surface area contributed by atoms with E-state index in [1.165, 1.54) is 18.2 Å². The molecular weight excluding hydrogens is 193 g/mol. The van der Waals surface area contributed by atoms with E-state index >= 15 is 0 Å². The zero-order valence-corrected chi connectivity index (χ0v) is 7.05. The number of hydrogen-bond acceptors (Lipinski definition) is 1. The van der Waals surface area contributed by atoms with Crippen LogP contribution in [0.5, 0.6) is 0 Å². The number of hydrogen-bond donors (Lipinski definition) is 1. The van der Waals surface area contributed by atoms with Gasteiger partial charge in [0.25, 0.3) is 0 Å². The monoisotopic (exact) mass is 200 g/mol. The van der Waals surface area contributed by atoms with E-state index in [9.17, 15) is 13.2 Å². The molecule has 0 amide bonds. The fourth-order valence-corrected chi connectivity index (χ4v) is 1.04. The average Bonchev–Trinajstić information content (AvgIpc) is 2.15. The first kappa shape index (κ1) is 10.6. The highest BCUT2D eigenvalue weighted by atomic mass is 19.4. The maximum absolute atomic E-state index is 12.1. The van der Waals surface area contributed by atoms with Gasteiger partial charge >= 0.3 is 6.18 Å². The number of aliphatic hydroxyl groups excluding tert-OH is 1. The Morgan fingerprint density at radius 2 is 1.86 bits per heavy atom. The Balaban J connectivity index is 3.14. The summed E-state index contributed by atoms with van der Waals surface area (Å²) in [6.07, 6.45) is -2.20. The summed E-state index contributed by atoms with van der Waals surface area (Å²) >= 11 is 0. The van der Waals surface area contributed by atoms with Crippen LogP contribution in [-0.2, 0) is 0 Å². The van der Waals surface area contributed by atoms with Gasteiger partial charge < -0.3 is 5.11 Å². The van der Waals surface area contributed by atoms with Gasteiger partial charge in [0.2, 0.25) is 0 Å². The van der Waals surface area contributed by atoms with E-state index in [0.717, 1.165) is 6.07 Å². The molecule has 14 heavy (non-hydrogen) atoms. The fourth-order valence-electron chi connectivity index (χ4n) is 1.04. The Morgan fingerprint density at radius 1 is 1.29 bits per heavy atom. The lowest BCUT2D eigenvalue weighted by Crippen LogP contribution is -2.21. The average molecular weight is 200 g/mol. The van der Waals surface area contributed by atoms with Crippen LogP contribution < -0.4 is 0 Å². The lowest BCUT2D eigenvalue weighted by molar-refractivity contribution is -0.206. The molecule has 0 heterocycles. The van der Waals surface area contributed by atoms with Crippen molar-refractivity contribution in [3.8, 4) is 12.3 Å². The number of aliphatic hydroxyl groups is 1. The summed E-state index contributed by atoms with van der Waals surface area (Å²) in [5.74, 6) is 2.09. The SMILES string of the molecule is C#Cc1ccccc1[C@@H](O)C(F)(F)F. The number of terminal acetylenes is 1. The van der Waals surface area contributed by atoms with Gasteiger partial charge in [-0.05, 0) is 6.07 Å². The summed E-state index contributed by atoms with van der Waals surface area (Å²) in [5, 5.41) is 8.95. The molecule has 0 aromatic heterocycles. The van der Waals surface area contributed by atoms with Crippen LogP contribution in [0.15, 0.2) is 24.3 Å². The molecule has 0 radical (unpaired) electrons. The largest absolute Gasteiger partial charge is 0.418 e. The van der Waals surface area contributed by atoms with Crippen molar-refractivity contribution in [1.82, 2.24) is 0 Å². The Hall–Kier alpha value is -1.47. The third-order valence-corrected chi connectivity index (χ3v) is 1.72. The van der Waals surface area contributed by atoms with Crippen molar-refractivity contribution < 1.29 is 18.3 Å². The normalized spacial score (nSPS) is 13.4. The third-order valence-electron chi connectivity index (χ3n) is 1.72. The van der Waals surface area contributed by atoms with Crippen molar-refractivity contribution >= 4 is 0 Å². The lowest BCUT2D eigenvalue weighted by Gasteiger charge is -2.15. The quantitative estimate of drug-likeness (QED) is 0.689. The zero-order chi connectivity index (χ0) is 10.8. The van der Waals surface area contributed by atoms with Crippen LogP contribution in [0.25, 0.3) is 0 Å². The number of alkyl halides is 3. The summed E-state index contributed by atoms with van der Waals surface area (Å²) < 4.78 is 36.4. The summed E-state index contributed by atoms with van der Waals surface area (Å²) in [6.45, 7) is 0. The van der Waals surface area contributed by atoms with Gasteiger partial charge in [-0.25, -0.2) is 0 Å². The molecule has 1 aromatic carbocycles. The van der Waals surface area contributed by atoms with Crippen LogP contribution in [0.1, 0.15) is 17.2 Å². The second-order valence-electron chi connectivity index (χ2n) is 2.68. The van der Waals surface area contributed by atoms with E-state index in [4.69, 9.17) is 11.5 Å². The van der Waals surface area contributed by atoms with Gasteiger partial charge in [0, 0.05) is 11.1 Å². The van der Waals surface area contributed by atoms with E-state index < -0.39 is 12.3 Å². The van der Waals surface area contributed by atoms with E-state index in [1.54, 1.807) is 0 Å². The van der Waals surface area contributed by atoms with Gasteiger partial charge in [-0.15, -0.1) is 6.42 Å². The van der Waals surface area contributed by atoms with Gasteiger partial charge in [-0.2, -0.15) is 13.2 Å². The van der Waals surface area contributed by atoms with Crippen molar-refractivity contribution in [3.63, 3.8) is 0 Å². The van der Waals surface area contributed by atoms with Gasteiger partial charge in [0.05, 0.1) is 0 Å². The molecule has 1 atom stereocenters. The van der Waals surface area contributed by atoms with Crippen LogP contribution in [0.4, 0.5) is 13.2 Å². The van der Waals surface area contributed by atoms with Crippen LogP contribution in [0.2, 0.25) is 0 Å². The van der Waals surface area contributed by atoms with Gasteiger partial charge in [0.15, 0.2) is 6.10 Å². The van der Waals surface area contributed by atoms with Gasteiger partial charge in [-0.3, -0.25) is 0 Å². The first-order valence-electron chi connectivity index (χ1n) is 3.77. The third kappa shape index (κ3) is 2.06. The fraction of sp³-hybridized carbons (Fsp3) is 0.200. The number of benzene rings is 1. The first-order valence-corrected chi connectivity index (χ1v) is 3.77. The van der Waals surface area contributed by atoms with Crippen LogP contribution in [0.3, 0.4) is 0 Å². The highest BCUT2D eigenvalue weighted by Gasteiger charge is 2.40. The molecule has 0 spiro atoms. The summed E-state index contributed by atoms with van der Waals surface area (Å²) in [5.41, 5.74) is -0.236. The zero-order valence-electron chi connectivity index (χ0n) is 7.05. The topological polar surface area (TPSA) is 20.2 Å². The molecule has 0 saturated heterocycles. The Kier molecular flexibility index (Phi) is 2.82. The maximum atomic E-state index is 12.1. The Labute approximate surface area is 79.2 Å². The predicted octanol–water partition coefficient (Wildman–Crippen LogP) is 2.26. The molecule has 0 aliphatic rings. The smallest absolute Gasteiger partial charge is 0.379 e. The summed E-state index contributed by atoms with van der Waals surface area (Å²) in [7, 11) is 0. The van der Waals surface area contributed by atoms with Crippen LogP contribution >= 0.6 is 0 Å². The maximum Gasteiger partial charge on any atom is 0.418 e. The van der Waals surface area contributed by atoms with Crippen LogP contribution in [-0.4, -0.2) is 11.3 Å². The molecule has 4 heteroatoms. The van der Waals surface area contributed by atoms with E-state index in [1.807, 2.05) is 0 Å². The van der Waals surface area contributed by atoms with Crippen molar-refractivity contribution in [2.45, 2.75) is 12.3 Å². The minimum Gasteiger partial charge on any atom is -0.379 e. The van der Waals surface area contributed by atoms with Crippen molar-refractivity contribution in [2.75, 3.05) is 0 Å². The second kappa shape index (κ2) is 3.72. The Bertz CT molecular complexity index is 362. The molecule has 1 rings (SSSR count). The van der Waals surface area contributed by atoms with Gasteiger partial charge in [0.1, 0.15) is 0 Å².